The lowest BCUT2D eigenvalue weighted by Gasteiger charge is -2.36. The van der Waals surface area contributed by atoms with Crippen molar-refractivity contribution in [3.05, 3.63) is 71.4 Å². The molecule has 1 fully saturated rings. The Hall–Kier alpha value is -3.08. The SMILES string of the molecule is O=C(O)Cn1c2c(c3ccccc31)CN(C(=O)C(c1ccccc1)C1CCCCC1)CC2. The van der Waals surface area contributed by atoms with Gasteiger partial charge in [0.1, 0.15) is 6.54 Å². The molecule has 5 heteroatoms. The fourth-order valence-corrected chi connectivity index (χ4v) is 5.85. The Labute approximate surface area is 188 Å². The number of carboxylic acid groups (broad SMARTS) is 1. The smallest absolute Gasteiger partial charge is 0.323 e. The average Bonchev–Trinajstić information content (AvgIpc) is 3.13. The molecule has 1 unspecified atom stereocenters. The van der Waals surface area contributed by atoms with E-state index in [0.29, 0.717) is 25.4 Å². The van der Waals surface area contributed by atoms with Gasteiger partial charge in [0.2, 0.25) is 5.91 Å². The number of amides is 1. The lowest BCUT2D eigenvalue weighted by Crippen LogP contribution is -2.41. The van der Waals surface area contributed by atoms with Crippen molar-refractivity contribution in [2.75, 3.05) is 6.54 Å². The first-order valence-electron chi connectivity index (χ1n) is 11.8. The summed E-state index contributed by atoms with van der Waals surface area (Å²) in [5.74, 6) is -0.309. The van der Waals surface area contributed by atoms with Gasteiger partial charge >= 0.3 is 5.97 Å². The Bertz CT molecular complexity index is 1130. The summed E-state index contributed by atoms with van der Waals surface area (Å²) in [6.07, 6.45) is 6.59. The van der Waals surface area contributed by atoms with Crippen molar-refractivity contribution in [3.63, 3.8) is 0 Å². The molecular weight excluding hydrogens is 400 g/mol. The van der Waals surface area contributed by atoms with Gasteiger partial charge in [-0.3, -0.25) is 9.59 Å². The van der Waals surface area contributed by atoms with E-state index in [4.69, 9.17) is 0 Å². The molecule has 5 nitrogen and oxygen atoms in total. The number of fused-ring (bicyclic) bond motifs is 3. The number of aliphatic carboxylic acids is 1. The molecule has 2 aliphatic rings. The Balaban J connectivity index is 1.49. The topological polar surface area (TPSA) is 62.5 Å². The summed E-state index contributed by atoms with van der Waals surface area (Å²) in [4.78, 5) is 27.5. The molecule has 0 spiro atoms. The van der Waals surface area contributed by atoms with Crippen LogP contribution in [0.1, 0.15) is 54.8 Å². The molecule has 0 radical (unpaired) electrons. The molecule has 3 aromatic rings. The Morgan fingerprint density at radius 1 is 0.969 bits per heavy atom. The summed E-state index contributed by atoms with van der Waals surface area (Å²) in [6.45, 7) is 1.15. The first-order valence-corrected chi connectivity index (χ1v) is 11.8. The highest BCUT2D eigenvalue weighted by molar-refractivity contribution is 5.89. The Morgan fingerprint density at radius 2 is 1.69 bits per heavy atom. The lowest BCUT2D eigenvalue weighted by atomic mass is 9.76. The van der Waals surface area contributed by atoms with Crippen LogP contribution >= 0.6 is 0 Å². The third-order valence-corrected chi connectivity index (χ3v) is 7.31. The quantitative estimate of drug-likeness (QED) is 0.621. The molecule has 0 saturated heterocycles. The maximum atomic E-state index is 14.0. The minimum atomic E-state index is -0.839. The van der Waals surface area contributed by atoms with Gasteiger partial charge in [0.05, 0.1) is 5.92 Å². The van der Waals surface area contributed by atoms with Crippen LogP contribution in [0.2, 0.25) is 0 Å². The van der Waals surface area contributed by atoms with Crippen LogP contribution in [0.25, 0.3) is 10.9 Å². The van der Waals surface area contributed by atoms with E-state index >= 15 is 0 Å². The zero-order chi connectivity index (χ0) is 22.1. The van der Waals surface area contributed by atoms with E-state index in [0.717, 1.165) is 40.6 Å². The van der Waals surface area contributed by atoms with Crippen molar-refractivity contribution in [1.82, 2.24) is 9.47 Å². The summed E-state index contributed by atoms with van der Waals surface area (Å²) in [5, 5.41) is 10.5. The third-order valence-electron chi connectivity index (χ3n) is 7.31. The van der Waals surface area contributed by atoms with E-state index < -0.39 is 5.97 Å². The Kier molecular flexibility index (Phi) is 5.73. The van der Waals surface area contributed by atoms with Crippen LogP contribution in [0.15, 0.2) is 54.6 Å². The first kappa shape index (κ1) is 20.8. The second kappa shape index (κ2) is 8.81. The average molecular weight is 431 g/mol. The number of aromatic nitrogens is 1. The molecular formula is C27H30N2O3. The van der Waals surface area contributed by atoms with Crippen LogP contribution < -0.4 is 0 Å². The van der Waals surface area contributed by atoms with Crippen LogP contribution in [-0.2, 0) is 29.1 Å². The number of carbonyl (C=O) groups is 2. The molecule has 1 N–H and O–H groups in total. The van der Waals surface area contributed by atoms with Crippen LogP contribution in [0.3, 0.4) is 0 Å². The standard InChI is InChI=1S/C27H30N2O3/c30-25(31)18-29-23-14-8-7-13-21(23)22-17-28(16-15-24(22)29)27(32)26(19-9-3-1-4-10-19)20-11-5-2-6-12-20/h1,3-4,7-10,13-14,20,26H,2,5-6,11-12,15-18H2,(H,30,31). The maximum absolute atomic E-state index is 14.0. The molecule has 1 aliphatic carbocycles. The normalized spacial score (nSPS) is 17.8. The van der Waals surface area contributed by atoms with E-state index in [2.05, 4.69) is 18.2 Å². The number of carbonyl (C=O) groups excluding carboxylic acids is 1. The molecule has 1 atom stereocenters. The molecule has 1 amide bonds. The largest absolute Gasteiger partial charge is 0.480 e. The first-order chi connectivity index (χ1) is 15.6. The molecule has 32 heavy (non-hydrogen) atoms. The molecule has 1 aromatic heterocycles. The molecule has 5 rings (SSSR count). The zero-order valence-corrected chi connectivity index (χ0v) is 18.4. The van der Waals surface area contributed by atoms with Gasteiger partial charge in [-0.1, -0.05) is 67.8 Å². The van der Waals surface area contributed by atoms with E-state index in [-0.39, 0.29) is 18.4 Å². The Morgan fingerprint density at radius 3 is 2.44 bits per heavy atom. The van der Waals surface area contributed by atoms with Crippen molar-refractivity contribution >= 4 is 22.8 Å². The van der Waals surface area contributed by atoms with Gasteiger partial charge in [-0.05, 0) is 30.4 Å². The number of hydrogen-bond acceptors (Lipinski definition) is 2. The summed E-state index contributed by atoms with van der Waals surface area (Å²) < 4.78 is 1.92. The highest BCUT2D eigenvalue weighted by atomic mass is 16.4. The zero-order valence-electron chi connectivity index (χ0n) is 18.4. The van der Waals surface area contributed by atoms with Crippen molar-refractivity contribution in [2.45, 2.75) is 57.5 Å². The van der Waals surface area contributed by atoms with E-state index in [1.54, 1.807) is 0 Å². The van der Waals surface area contributed by atoms with E-state index in [9.17, 15) is 14.7 Å². The predicted octanol–water partition coefficient (Wildman–Crippen LogP) is 4.97. The van der Waals surface area contributed by atoms with Crippen molar-refractivity contribution < 1.29 is 14.7 Å². The van der Waals surface area contributed by atoms with Gasteiger partial charge in [0.25, 0.3) is 0 Å². The van der Waals surface area contributed by atoms with Crippen molar-refractivity contribution in [3.8, 4) is 0 Å². The number of para-hydroxylation sites is 1. The number of hydrogen-bond donors (Lipinski definition) is 1. The molecule has 1 aliphatic heterocycles. The van der Waals surface area contributed by atoms with Crippen LogP contribution in [-0.4, -0.2) is 33.0 Å². The van der Waals surface area contributed by atoms with Crippen molar-refractivity contribution in [1.29, 1.82) is 0 Å². The minimum Gasteiger partial charge on any atom is -0.480 e. The summed E-state index contributed by atoms with van der Waals surface area (Å²) in [5.41, 5.74) is 4.24. The molecule has 2 heterocycles. The summed E-state index contributed by atoms with van der Waals surface area (Å²) >= 11 is 0. The second-order valence-corrected chi connectivity index (χ2v) is 9.22. The monoisotopic (exact) mass is 430 g/mol. The minimum absolute atomic E-state index is 0.0431. The highest BCUT2D eigenvalue weighted by Gasteiger charge is 2.36. The maximum Gasteiger partial charge on any atom is 0.323 e. The van der Waals surface area contributed by atoms with Crippen molar-refractivity contribution in [2.24, 2.45) is 5.92 Å². The second-order valence-electron chi connectivity index (χ2n) is 9.22. The lowest BCUT2D eigenvalue weighted by molar-refractivity contribution is -0.138. The van der Waals surface area contributed by atoms with Gasteiger partial charge in [-0.2, -0.15) is 0 Å². The van der Waals surface area contributed by atoms with Crippen LogP contribution in [0, 0.1) is 5.92 Å². The van der Waals surface area contributed by atoms with Gasteiger partial charge in [-0.15, -0.1) is 0 Å². The third kappa shape index (κ3) is 3.81. The van der Waals surface area contributed by atoms with Gasteiger partial charge in [-0.25, -0.2) is 0 Å². The molecule has 2 aromatic carbocycles. The number of carboxylic acids is 1. The van der Waals surface area contributed by atoms with Crippen LogP contribution in [0.4, 0.5) is 0 Å². The fourth-order valence-electron chi connectivity index (χ4n) is 5.85. The molecule has 0 bridgehead atoms. The van der Waals surface area contributed by atoms with E-state index in [1.807, 2.05) is 45.9 Å². The molecule has 1 saturated carbocycles. The van der Waals surface area contributed by atoms with Gasteiger partial charge < -0.3 is 14.6 Å². The summed E-state index contributed by atoms with van der Waals surface area (Å²) in [6, 6.07) is 18.3. The fraction of sp³-hybridized carbons (Fsp3) is 0.407. The van der Waals surface area contributed by atoms with Gasteiger partial charge in [0.15, 0.2) is 0 Å². The number of rotatable bonds is 5. The number of benzene rings is 2. The van der Waals surface area contributed by atoms with Gasteiger partial charge in [0, 0.05) is 41.7 Å². The predicted molar refractivity (Wildman–Crippen MR) is 124 cm³/mol. The van der Waals surface area contributed by atoms with E-state index in [1.165, 1.54) is 19.3 Å². The van der Waals surface area contributed by atoms with Crippen LogP contribution in [0.5, 0.6) is 0 Å². The number of nitrogens with zero attached hydrogens (tertiary/aromatic N) is 2. The summed E-state index contributed by atoms with van der Waals surface area (Å²) in [7, 11) is 0. The highest BCUT2D eigenvalue weighted by Crippen LogP contribution is 2.39. The molecule has 166 valence electrons.